The number of carbonyl (C=O) groups excluding carboxylic acids is 1. The van der Waals surface area contributed by atoms with Gasteiger partial charge in [0.05, 0.1) is 32.6 Å². The second-order valence-electron chi connectivity index (χ2n) is 6.92. The molecular formula is C22H16Cl3N3O2S2. The number of nitrogens with zero attached hydrogens (tertiary/aromatic N) is 2. The van der Waals surface area contributed by atoms with Crippen LogP contribution in [0.3, 0.4) is 0 Å². The van der Waals surface area contributed by atoms with Gasteiger partial charge in [0.1, 0.15) is 4.83 Å². The lowest BCUT2D eigenvalue weighted by Gasteiger charge is -2.13. The number of halogens is 3. The number of thiophene rings is 1. The highest BCUT2D eigenvalue weighted by molar-refractivity contribution is 7.99. The molecule has 0 aliphatic carbocycles. The number of anilines is 1. The highest BCUT2D eigenvalue weighted by Crippen LogP contribution is 2.34. The average molecular weight is 525 g/mol. The third kappa shape index (κ3) is 4.54. The number of fused-ring (bicyclic) bond motifs is 1. The lowest BCUT2D eigenvalue weighted by atomic mass is 10.2. The molecule has 0 aliphatic heterocycles. The minimum atomic E-state index is -0.339. The fourth-order valence-corrected chi connectivity index (χ4v) is 5.94. The third-order valence-electron chi connectivity index (χ3n) is 4.79. The van der Waals surface area contributed by atoms with Crippen LogP contribution in [0.5, 0.6) is 0 Å². The Morgan fingerprint density at radius 2 is 1.78 bits per heavy atom. The monoisotopic (exact) mass is 523 g/mol. The van der Waals surface area contributed by atoms with Gasteiger partial charge in [-0.2, -0.15) is 0 Å². The third-order valence-corrected chi connectivity index (χ3v) is 7.64. The van der Waals surface area contributed by atoms with Gasteiger partial charge in [0, 0.05) is 9.90 Å². The number of aryl methyl sites for hydroxylation is 2. The van der Waals surface area contributed by atoms with Gasteiger partial charge < -0.3 is 5.32 Å². The van der Waals surface area contributed by atoms with Crippen molar-refractivity contribution in [2.24, 2.45) is 0 Å². The van der Waals surface area contributed by atoms with Gasteiger partial charge >= 0.3 is 0 Å². The van der Waals surface area contributed by atoms with E-state index in [0.717, 1.165) is 22.2 Å². The first-order valence-corrected chi connectivity index (χ1v) is 12.3. The summed E-state index contributed by atoms with van der Waals surface area (Å²) in [5, 5.41) is 4.59. The fraction of sp³-hybridized carbons (Fsp3) is 0.136. The molecule has 4 rings (SSSR count). The predicted molar refractivity (Wildman–Crippen MR) is 136 cm³/mol. The standard InChI is InChI=1S/C22H16Cl3N3O2S2/c1-11-12(2)32-20-18(11)21(30)28(14-6-4-3-5-7-14)22(27-20)31-10-17(29)26-19-15(24)8-13(23)9-16(19)25/h3-9H,10H2,1-2H3,(H,26,29). The molecule has 0 bridgehead atoms. The van der Waals surface area contributed by atoms with Crippen LogP contribution >= 0.6 is 57.9 Å². The Morgan fingerprint density at radius 1 is 1.12 bits per heavy atom. The van der Waals surface area contributed by atoms with Crippen molar-refractivity contribution in [2.45, 2.75) is 19.0 Å². The van der Waals surface area contributed by atoms with Crippen LogP contribution < -0.4 is 10.9 Å². The van der Waals surface area contributed by atoms with E-state index in [1.165, 1.54) is 23.5 Å². The second kappa shape index (κ2) is 9.45. The number of hydrogen-bond donors (Lipinski definition) is 1. The Hall–Kier alpha value is -2.03. The van der Waals surface area contributed by atoms with E-state index in [2.05, 4.69) is 5.32 Å². The summed E-state index contributed by atoms with van der Waals surface area (Å²) in [4.78, 5) is 32.5. The van der Waals surface area contributed by atoms with Crippen LogP contribution in [0, 0.1) is 13.8 Å². The van der Waals surface area contributed by atoms with E-state index < -0.39 is 0 Å². The van der Waals surface area contributed by atoms with Gasteiger partial charge in [0.2, 0.25) is 5.91 Å². The van der Waals surface area contributed by atoms with Gasteiger partial charge in [-0.3, -0.25) is 14.2 Å². The normalized spacial score (nSPS) is 11.2. The van der Waals surface area contributed by atoms with E-state index in [1.807, 2.05) is 44.2 Å². The molecule has 1 amide bonds. The Bertz CT molecular complexity index is 1380. The highest BCUT2D eigenvalue weighted by Gasteiger charge is 2.19. The molecule has 1 N–H and O–H groups in total. The summed E-state index contributed by atoms with van der Waals surface area (Å²) in [5.74, 6) is -0.336. The van der Waals surface area contributed by atoms with E-state index in [-0.39, 0.29) is 33.0 Å². The Labute approximate surface area is 207 Å². The summed E-state index contributed by atoms with van der Waals surface area (Å²) >= 11 is 20.9. The molecule has 0 saturated carbocycles. The Kier molecular flexibility index (Phi) is 6.83. The molecule has 32 heavy (non-hydrogen) atoms. The zero-order valence-electron chi connectivity index (χ0n) is 16.9. The summed E-state index contributed by atoms with van der Waals surface area (Å²) in [6.45, 7) is 3.89. The molecule has 2 heterocycles. The van der Waals surface area contributed by atoms with Gasteiger partial charge in [-0.1, -0.05) is 64.8 Å². The van der Waals surface area contributed by atoms with E-state index in [1.54, 1.807) is 4.57 Å². The van der Waals surface area contributed by atoms with Crippen LogP contribution in [0.25, 0.3) is 15.9 Å². The molecule has 0 saturated heterocycles. The maximum atomic E-state index is 13.4. The summed E-state index contributed by atoms with van der Waals surface area (Å²) in [6.07, 6.45) is 0. The van der Waals surface area contributed by atoms with Crippen molar-refractivity contribution in [3.05, 3.63) is 78.3 Å². The van der Waals surface area contributed by atoms with E-state index in [0.29, 0.717) is 26.1 Å². The molecule has 0 unspecified atom stereocenters. The van der Waals surface area contributed by atoms with Crippen molar-refractivity contribution in [3.8, 4) is 5.69 Å². The van der Waals surface area contributed by atoms with Gasteiger partial charge in [-0.05, 0) is 43.7 Å². The smallest absolute Gasteiger partial charge is 0.267 e. The second-order valence-corrected chi connectivity index (χ2v) is 10.3. The maximum absolute atomic E-state index is 13.4. The van der Waals surface area contributed by atoms with Crippen LogP contribution in [0.1, 0.15) is 10.4 Å². The zero-order chi connectivity index (χ0) is 23.0. The summed E-state index contributed by atoms with van der Waals surface area (Å²) < 4.78 is 1.54. The van der Waals surface area contributed by atoms with Gasteiger partial charge in [-0.25, -0.2) is 4.98 Å². The van der Waals surface area contributed by atoms with Gasteiger partial charge in [0.15, 0.2) is 5.16 Å². The number of aromatic nitrogens is 2. The summed E-state index contributed by atoms with van der Waals surface area (Å²) in [7, 11) is 0. The molecule has 2 aromatic carbocycles. The number of benzene rings is 2. The first-order valence-electron chi connectivity index (χ1n) is 9.41. The molecule has 0 aliphatic rings. The van der Waals surface area contributed by atoms with Crippen LogP contribution in [0.15, 0.2) is 52.4 Å². The molecular weight excluding hydrogens is 509 g/mol. The van der Waals surface area contributed by atoms with Crippen LogP contribution in [0.2, 0.25) is 15.1 Å². The number of para-hydroxylation sites is 1. The quantitative estimate of drug-likeness (QED) is 0.231. The predicted octanol–water partition coefficient (Wildman–Crippen LogP) is 6.76. The van der Waals surface area contributed by atoms with Crippen molar-refractivity contribution in [1.29, 1.82) is 0 Å². The first-order chi connectivity index (χ1) is 15.3. The lowest BCUT2D eigenvalue weighted by Crippen LogP contribution is -2.22. The Balaban J connectivity index is 1.68. The number of carbonyl (C=O) groups is 1. The average Bonchev–Trinajstić information content (AvgIpc) is 3.03. The molecule has 0 fully saturated rings. The molecule has 5 nitrogen and oxygen atoms in total. The molecule has 4 aromatic rings. The number of nitrogens with one attached hydrogen (secondary N) is 1. The van der Waals surface area contributed by atoms with Crippen molar-refractivity contribution < 1.29 is 4.79 Å². The van der Waals surface area contributed by atoms with Crippen molar-refractivity contribution >= 4 is 79.7 Å². The molecule has 164 valence electrons. The van der Waals surface area contributed by atoms with Crippen LogP contribution in [-0.4, -0.2) is 21.2 Å². The molecule has 0 spiro atoms. The minimum Gasteiger partial charge on any atom is -0.323 e. The highest BCUT2D eigenvalue weighted by atomic mass is 35.5. The van der Waals surface area contributed by atoms with Crippen molar-refractivity contribution in [1.82, 2.24) is 9.55 Å². The maximum Gasteiger partial charge on any atom is 0.267 e. The number of amides is 1. The number of rotatable bonds is 5. The largest absolute Gasteiger partial charge is 0.323 e. The molecule has 0 radical (unpaired) electrons. The zero-order valence-corrected chi connectivity index (χ0v) is 20.8. The first kappa shape index (κ1) is 23.1. The topological polar surface area (TPSA) is 64.0 Å². The number of hydrogen-bond acceptors (Lipinski definition) is 5. The lowest BCUT2D eigenvalue weighted by molar-refractivity contribution is -0.113. The summed E-state index contributed by atoms with van der Waals surface area (Å²) in [6, 6.07) is 12.2. The molecule has 10 heteroatoms. The van der Waals surface area contributed by atoms with Crippen molar-refractivity contribution in [2.75, 3.05) is 11.1 Å². The van der Waals surface area contributed by atoms with E-state index in [4.69, 9.17) is 39.8 Å². The SMILES string of the molecule is Cc1sc2nc(SCC(=O)Nc3c(Cl)cc(Cl)cc3Cl)n(-c3ccccc3)c(=O)c2c1C. The van der Waals surface area contributed by atoms with E-state index in [9.17, 15) is 9.59 Å². The summed E-state index contributed by atoms with van der Waals surface area (Å²) in [5.41, 5.74) is 1.74. The molecule has 2 aromatic heterocycles. The van der Waals surface area contributed by atoms with Crippen molar-refractivity contribution in [3.63, 3.8) is 0 Å². The van der Waals surface area contributed by atoms with Gasteiger partial charge in [0.25, 0.3) is 5.56 Å². The van der Waals surface area contributed by atoms with Gasteiger partial charge in [-0.15, -0.1) is 11.3 Å². The molecule has 0 atom stereocenters. The Morgan fingerprint density at radius 3 is 2.44 bits per heavy atom. The van der Waals surface area contributed by atoms with Crippen LogP contribution in [-0.2, 0) is 4.79 Å². The van der Waals surface area contributed by atoms with Crippen LogP contribution in [0.4, 0.5) is 5.69 Å². The minimum absolute atomic E-state index is 0.00338. The number of thioether (sulfide) groups is 1. The van der Waals surface area contributed by atoms with E-state index >= 15 is 0 Å². The fourth-order valence-electron chi connectivity index (χ4n) is 3.14.